The zero-order valence-electron chi connectivity index (χ0n) is 23.3. The summed E-state index contributed by atoms with van der Waals surface area (Å²) >= 11 is 0.296. The summed E-state index contributed by atoms with van der Waals surface area (Å²) in [4.78, 5) is 21.4. The summed E-state index contributed by atoms with van der Waals surface area (Å²) in [5, 5.41) is 4.11. The van der Waals surface area contributed by atoms with E-state index in [4.69, 9.17) is 0 Å². The number of Topliss-reactive ketones (excluding diaryl/α,β-unsaturated/α-hetero) is 1. The first-order valence-electron chi connectivity index (χ1n) is 14.0. The second-order valence-corrected chi connectivity index (χ2v) is 14.3. The molecule has 7 rings (SSSR count). The Bertz CT molecular complexity index is 1910. The Morgan fingerprint density at radius 3 is 2.48 bits per heavy atom. The van der Waals surface area contributed by atoms with E-state index >= 15 is 0 Å². The van der Waals surface area contributed by atoms with Gasteiger partial charge in [0.1, 0.15) is 10.7 Å². The number of rotatable bonds is 7. The van der Waals surface area contributed by atoms with Gasteiger partial charge >= 0.3 is 6.18 Å². The van der Waals surface area contributed by atoms with E-state index in [9.17, 15) is 30.8 Å². The highest BCUT2D eigenvalue weighted by molar-refractivity contribution is 7.89. The van der Waals surface area contributed by atoms with Crippen LogP contribution in [0.15, 0.2) is 59.8 Å². The van der Waals surface area contributed by atoms with Gasteiger partial charge in [-0.1, -0.05) is 5.57 Å². The van der Waals surface area contributed by atoms with Crippen LogP contribution in [-0.4, -0.2) is 54.9 Å². The third-order valence-electron chi connectivity index (χ3n) is 8.67. The monoisotopic (exact) mass is 646 g/mol. The number of aromatic nitrogens is 5. The maximum Gasteiger partial charge on any atom is 0.427 e. The number of hydrogen-bond acceptors (Lipinski definition) is 7. The van der Waals surface area contributed by atoms with Crippen LogP contribution in [0.3, 0.4) is 0 Å². The van der Waals surface area contributed by atoms with Gasteiger partial charge in [-0.15, -0.1) is 11.3 Å². The molecule has 2 fully saturated rings. The molecular weight excluding hydrogens is 620 g/mol. The van der Waals surface area contributed by atoms with Crippen molar-refractivity contribution in [2.24, 2.45) is 12.5 Å². The summed E-state index contributed by atoms with van der Waals surface area (Å²) in [6.45, 7) is 0. The lowest BCUT2D eigenvalue weighted by atomic mass is 9.61. The first-order valence-corrected chi connectivity index (χ1v) is 16.3. The number of carbonyl (C=O) groups is 1. The molecule has 230 valence electrons. The predicted molar refractivity (Wildman–Crippen MR) is 152 cm³/mol. The first kappa shape index (κ1) is 29.0. The van der Waals surface area contributed by atoms with Crippen molar-refractivity contribution < 1.29 is 30.8 Å². The zero-order valence-corrected chi connectivity index (χ0v) is 25.0. The van der Waals surface area contributed by atoms with Gasteiger partial charge in [0.25, 0.3) is 10.0 Å². The number of fused-ring (bicyclic) bond motifs is 2. The van der Waals surface area contributed by atoms with Crippen molar-refractivity contribution in [1.29, 1.82) is 0 Å². The van der Waals surface area contributed by atoms with Crippen molar-refractivity contribution in [3.63, 3.8) is 0 Å². The molecule has 3 aliphatic carbocycles. The van der Waals surface area contributed by atoms with Gasteiger partial charge < -0.3 is 4.57 Å². The normalized spacial score (nSPS) is 22.0. The zero-order chi connectivity index (χ0) is 31.0. The van der Waals surface area contributed by atoms with Crippen LogP contribution in [0.2, 0.25) is 0 Å². The molecule has 0 radical (unpaired) electrons. The van der Waals surface area contributed by atoms with E-state index in [1.54, 1.807) is 36.3 Å². The molecule has 3 heterocycles. The molecule has 0 bridgehead atoms. The van der Waals surface area contributed by atoms with Gasteiger partial charge in [-0.2, -0.15) is 22.6 Å². The minimum Gasteiger partial charge on any atom is -0.324 e. The SMILES string of the molecule is Cn1ccnc1S(=O)(=O)N(C1CC1)[C@H]1CCC2=Cc3c(cnn3-c3ccc(F)cc3)C[C@]2(C(=O)c2ncc(C(F)(F)F)s2)C1. The second-order valence-electron chi connectivity index (χ2n) is 11.5. The van der Waals surface area contributed by atoms with Crippen molar-refractivity contribution in [2.45, 2.75) is 61.9 Å². The molecule has 2 atom stereocenters. The third kappa shape index (κ3) is 4.72. The molecule has 1 aromatic carbocycles. The van der Waals surface area contributed by atoms with Gasteiger partial charge in [0, 0.05) is 31.5 Å². The average Bonchev–Trinajstić information content (AvgIpc) is 3.34. The van der Waals surface area contributed by atoms with E-state index in [1.807, 2.05) is 6.08 Å². The van der Waals surface area contributed by atoms with Crippen molar-refractivity contribution in [2.75, 3.05) is 0 Å². The molecule has 0 amide bonds. The number of hydrogen-bond donors (Lipinski definition) is 0. The van der Waals surface area contributed by atoms with Crippen LogP contribution in [0.4, 0.5) is 17.6 Å². The Balaban J connectivity index is 1.32. The molecule has 4 aromatic rings. The number of nitrogens with zero attached hydrogens (tertiary/aromatic N) is 6. The number of benzene rings is 1. The van der Waals surface area contributed by atoms with E-state index in [0.717, 1.165) is 0 Å². The summed E-state index contributed by atoms with van der Waals surface area (Å²) in [7, 11) is -2.45. The van der Waals surface area contributed by atoms with Crippen LogP contribution in [0.1, 0.15) is 58.0 Å². The number of halogens is 4. The van der Waals surface area contributed by atoms with Gasteiger partial charge in [0.2, 0.25) is 10.9 Å². The number of carbonyl (C=O) groups excluding carboxylic acids is 1. The molecule has 3 aliphatic rings. The van der Waals surface area contributed by atoms with Gasteiger partial charge in [-0.3, -0.25) is 4.79 Å². The largest absolute Gasteiger partial charge is 0.427 e. The molecule has 0 unspecified atom stereocenters. The number of imidazole rings is 1. The summed E-state index contributed by atoms with van der Waals surface area (Å²) in [6.07, 6.45) is 4.64. The van der Waals surface area contributed by atoms with E-state index in [0.29, 0.717) is 65.7 Å². The summed E-state index contributed by atoms with van der Waals surface area (Å²) in [6, 6.07) is 4.93. The van der Waals surface area contributed by atoms with Gasteiger partial charge in [-0.05, 0) is 74.4 Å². The predicted octanol–water partition coefficient (Wildman–Crippen LogP) is 5.43. The van der Waals surface area contributed by atoms with Gasteiger partial charge in [-0.25, -0.2) is 27.5 Å². The maximum absolute atomic E-state index is 14.4. The van der Waals surface area contributed by atoms with Crippen LogP contribution in [0, 0.1) is 11.2 Å². The number of aryl methyl sites for hydroxylation is 1. The third-order valence-corrected chi connectivity index (χ3v) is 11.7. The first-order chi connectivity index (χ1) is 20.9. The summed E-state index contributed by atoms with van der Waals surface area (Å²) in [5.41, 5.74) is 1.31. The van der Waals surface area contributed by atoms with Crippen molar-refractivity contribution >= 4 is 33.2 Å². The number of sulfonamides is 1. The summed E-state index contributed by atoms with van der Waals surface area (Å²) < 4.78 is 86.6. The van der Waals surface area contributed by atoms with Crippen LogP contribution in [0.25, 0.3) is 11.8 Å². The lowest BCUT2D eigenvalue weighted by Crippen LogP contribution is -2.51. The number of allylic oxidation sites excluding steroid dienone is 1. The standard InChI is InChI=1S/C29H26F4N6O3S2/c1-37-11-10-34-27(37)44(41,42)39(21-8-9-21)22-5-2-18-12-23-17(15-36-38(23)20-6-3-19(30)4-7-20)13-28(18,14-22)25(40)26-35-16-24(43-26)29(31,32)33/h3-4,6-7,10-12,15-16,21-22H,2,5,8-9,13-14H2,1H3/t22-,28-/m0/s1. The van der Waals surface area contributed by atoms with Gasteiger partial charge in [0.15, 0.2) is 5.01 Å². The maximum atomic E-state index is 14.4. The van der Waals surface area contributed by atoms with Gasteiger partial charge in [0.05, 0.1) is 29.2 Å². The fourth-order valence-electron chi connectivity index (χ4n) is 6.52. The second kappa shape index (κ2) is 10.2. The minimum atomic E-state index is -4.66. The smallest absolute Gasteiger partial charge is 0.324 e. The van der Waals surface area contributed by atoms with Crippen LogP contribution in [-0.2, 0) is 29.7 Å². The molecule has 3 aromatic heterocycles. The van der Waals surface area contributed by atoms with Crippen molar-refractivity contribution in [3.05, 3.63) is 81.6 Å². The topological polar surface area (TPSA) is 103 Å². The number of alkyl halides is 3. The Morgan fingerprint density at radius 2 is 1.84 bits per heavy atom. The molecule has 0 spiro atoms. The minimum absolute atomic E-state index is 0.0694. The number of ketones is 1. The lowest BCUT2D eigenvalue weighted by molar-refractivity contribution is -0.134. The van der Waals surface area contributed by atoms with Crippen LogP contribution < -0.4 is 0 Å². The lowest BCUT2D eigenvalue weighted by Gasteiger charge is -2.46. The van der Waals surface area contributed by atoms with E-state index in [1.165, 1.54) is 27.2 Å². The van der Waals surface area contributed by atoms with Crippen LogP contribution >= 0.6 is 11.3 Å². The fraction of sp³-hybridized carbons (Fsp3) is 0.379. The Labute approximate surface area is 253 Å². The Hall–Kier alpha value is -3.69. The number of thiazole rings is 1. The van der Waals surface area contributed by atoms with E-state index in [-0.39, 0.29) is 29.0 Å². The Morgan fingerprint density at radius 1 is 1.09 bits per heavy atom. The fourth-order valence-corrected chi connectivity index (χ4v) is 9.32. The molecular formula is C29H26F4N6O3S2. The molecule has 44 heavy (non-hydrogen) atoms. The van der Waals surface area contributed by atoms with Crippen molar-refractivity contribution in [1.82, 2.24) is 28.6 Å². The molecule has 15 heteroatoms. The molecule has 0 saturated heterocycles. The highest BCUT2D eigenvalue weighted by Crippen LogP contribution is 2.53. The average molecular weight is 647 g/mol. The molecule has 9 nitrogen and oxygen atoms in total. The summed E-state index contributed by atoms with van der Waals surface area (Å²) in [5.74, 6) is -0.974. The molecule has 0 aliphatic heterocycles. The quantitative estimate of drug-likeness (QED) is 0.196. The van der Waals surface area contributed by atoms with E-state index < -0.39 is 44.1 Å². The van der Waals surface area contributed by atoms with Crippen LogP contribution in [0.5, 0.6) is 0 Å². The molecule has 0 N–H and O–H groups in total. The van der Waals surface area contributed by atoms with E-state index in [2.05, 4.69) is 15.1 Å². The van der Waals surface area contributed by atoms with Crippen molar-refractivity contribution in [3.8, 4) is 5.69 Å². The highest BCUT2D eigenvalue weighted by Gasteiger charge is 2.54. The highest BCUT2D eigenvalue weighted by atomic mass is 32.2. The molecule has 2 saturated carbocycles. The Kier molecular flexibility index (Phi) is 6.71.